The third kappa shape index (κ3) is 4.44. The van der Waals surface area contributed by atoms with Gasteiger partial charge in [0, 0.05) is 34.9 Å². The molecule has 0 aromatic carbocycles. The zero-order valence-electron chi connectivity index (χ0n) is 20.2. The molecule has 5 aromatic rings. The number of nitrogens with zero attached hydrogens (tertiary/aromatic N) is 5. The number of aromatic nitrogens is 7. The van der Waals surface area contributed by atoms with Crippen LogP contribution in [0.25, 0.3) is 39.4 Å². The summed E-state index contributed by atoms with van der Waals surface area (Å²) < 4.78 is 0. The molecule has 8 nitrogen and oxygen atoms in total. The molecule has 0 bridgehead atoms. The van der Waals surface area contributed by atoms with Crippen LogP contribution < -0.4 is 5.32 Å². The molecule has 5 heterocycles. The number of nitrogens with one attached hydrogen (secondary N) is 3. The molecule has 0 saturated carbocycles. The zero-order chi connectivity index (χ0) is 25.1. The summed E-state index contributed by atoms with van der Waals surface area (Å²) in [6.07, 6.45) is 9.82. The van der Waals surface area contributed by atoms with E-state index in [0.29, 0.717) is 11.5 Å². The number of hydrogen-bond acceptors (Lipinski definition) is 6. The van der Waals surface area contributed by atoms with Gasteiger partial charge in [-0.05, 0) is 43.7 Å². The van der Waals surface area contributed by atoms with Gasteiger partial charge >= 0.3 is 0 Å². The van der Waals surface area contributed by atoms with E-state index in [2.05, 4.69) is 50.5 Å². The highest BCUT2D eigenvalue weighted by Crippen LogP contribution is 2.30. The van der Waals surface area contributed by atoms with Gasteiger partial charge in [-0.3, -0.25) is 15.1 Å². The highest BCUT2D eigenvalue weighted by molar-refractivity contribution is 5.90. The molecule has 0 amide bonds. The van der Waals surface area contributed by atoms with Crippen molar-refractivity contribution in [3.63, 3.8) is 0 Å². The van der Waals surface area contributed by atoms with Crippen LogP contribution in [-0.2, 0) is 0 Å². The minimum absolute atomic E-state index is 0.622. The summed E-state index contributed by atoms with van der Waals surface area (Å²) in [5, 5.41) is 10.9. The molecule has 0 aliphatic heterocycles. The van der Waals surface area contributed by atoms with Crippen molar-refractivity contribution in [1.82, 2.24) is 35.1 Å². The minimum Gasteiger partial charge on any atom is -0.358 e. The molecule has 0 aliphatic rings. The maximum absolute atomic E-state index is 4.91. The zero-order valence-corrected chi connectivity index (χ0v) is 20.2. The maximum Gasteiger partial charge on any atom is 0.161 e. The van der Waals surface area contributed by atoms with Crippen molar-refractivity contribution < 1.29 is 0 Å². The van der Waals surface area contributed by atoms with Crippen LogP contribution in [0.2, 0.25) is 0 Å². The Bertz CT molecular complexity index is 1590. The number of anilines is 1. The van der Waals surface area contributed by atoms with Gasteiger partial charge in [-0.1, -0.05) is 38.3 Å². The van der Waals surface area contributed by atoms with Crippen molar-refractivity contribution in [2.75, 3.05) is 5.32 Å². The highest BCUT2D eigenvalue weighted by atomic mass is 15.2. The minimum atomic E-state index is 0.622. The fourth-order valence-electron chi connectivity index (χ4n) is 3.93. The van der Waals surface area contributed by atoms with Gasteiger partial charge in [0.15, 0.2) is 11.5 Å². The second-order valence-electron chi connectivity index (χ2n) is 8.30. The molecule has 0 atom stereocenters. The lowest BCUT2D eigenvalue weighted by molar-refractivity contribution is 1.10. The van der Waals surface area contributed by atoms with Crippen LogP contribution in [-0.4, -0.2) is 35.1 Å². The second-order valence-corrected chi connectivity index (χ2v) is 8.30. The summed E-state index contributed by atoms with van der Waals surface area (Å²) in [7, 11) is 0. The number of hydrogen-bond donors (Lipinski definition) is 3. The molecule has 0 spiro atoms. The van der Waals surface area contributed by atoms with E-state index in [4.69, 9.17) is 9.97 Å². The van der Waals surface area contributed by atoms with Crippen LogP contribution in [0, 0.1) is 6.92 Å². The molecular weight excluding hydrogens is 448 g/mol. The van der Waals surface area contributed by atoms with Gasteiger partial charge in [0.1, 0.15) is 5.52 Å². The van der Waals surface area contributed by atoms with Gasteiger partial charge in [0.05, 0.1) is 34.5 Å². The van der Waals surface area contributed by atoms with Crippen LogP contribution in [0.4, 0.5) is 5.69 Å². The summed E-state index contributed by atoms with van der Waals surface area (Å²) in [4.78, 5) is 22.0. The summed E-state index contributed by atoms with van der Waals surface area (Å²) in [5.74, 6) is 0.622. The Morgan fingerprint density at radius 2 is 2.03 bits per heavy atom. The number of fused-ring (bicyclic) bond motifs is 1. The average molecular weight is 475 g/mol. The van der Waals surface area contributed by atoms with Crippen LogP contribution in [0.1, 0.15) is 30.4 Å². The number of rotatable bonds is 8. The molecule has 0 saturated heterocycles. The van der Waals surface area contributed by atoms with Gasteiger partial charge in [0.2, 0.25) is 0 Å². The van der Waals surface area contributed by atoms with Crippen molar-refractivity contribution >= 4 is 22.3 Å². The molecule has 5 aromatic heterocycles. The topological polar surface area (TPSA) is 108 Å². The van der Waals surface area contributed by atoms with Crippen LogP contribution in [0.15, 0.2) is 86.0 Å². The first-order chi connectivity index (χ1) is 17.6. The molecule has 178 valence electrons. The normalized spacial score (nSPS) is 11.6. The Hall–Kier alpha value is -4.85. The van der Waals surface area contributed by atoms with Gasteiger partial charge in [-0.2, -0.15) is 5.10 Å². The van der Waals surface area contributed by atoms with E-state index in [-0.39, 0.29) is 0 Å². The van der Waals surface area contributed by atoms with Crippen molar-refractivity contribution in [3.05, 3.63) is 103 Å². The fourth-order valence-corrected chi connectivity index (χ4v) is 3.93. The molecule has 0 radical (unpaired) electrons. The van der Waals surface area contributed by atoms with E-state index in [1.54, 1.807) is 24.7 Å². The predicted molar refractivity (Wildman–Crippen MR) is 144 cm³/mol. The first-order valence-corrected chi connectivity index (χ1v) is 11.6. The van der Waals surface area contributed by atoms with Gasteiger partial charge < -0.3 is 10.3 Å². The van der Waals surface area contributed by atoms with Gasteiger partial charge in [-0.25, -0.2) is 9.97 Å². The molecular formula is C28H26N8. The lowest BCUT2D eigenvalue weighted by Gasteiger charge is -2.08. The van der Waals surface area contributed by atoms with E-state index in [1.807, 2.05) is 49.4 Å². The average Bonchev–Trinajstić information content (AvgIpc) is 3.50. The summed E-state index contributed by atoms with van der Waals surface area (Å²) in [5.41, 5.74) is 9.03. The standard InChI is InChI=1S/C28H26N8/c1-5-9-21(23-10-7-8-13-30-23)25-18(4)32-28(34-25)27-26-24(35-36-27)12-11-22(33-26)19-14-20(16-29-15-19)31-17(3)6-2/h5,7-16,31H,1,3,6H2,2,4H3,(H,32,34)(H,35,36)/b21-9-. The first-order valence-electron chi connectivity index (χ1n) is 11.6. The molecule has 8 heteroatoms. The molecule has 3 N–H and O–H groups in total. The highest BCUT2D eigenvalue weighted by Gasteiger charge is 2.19. The number of imidazole rings is 1. The molecule has 0 unspecified atom stereocenters. The second kappa shape index (κ2) is 9.79. The van der Waals surface area contributed by atoms with Gasteiger partial charge in [0.25, 0.3) is 0 Å². The molecule has 36 heavy (non-hydrogen) atoms. The Balaban J connectivity index is 1.55. The SMILES string of the molecule is C=C/C=C(/c1ccccn1)c1nc(-c2n[nH]c3ccc(-c4cncc(NC(=C)CC)c4)nc23)[nH]c1C. The Morgan fingerprint density at radius 1 is 1.14 bits per heavy atom. The van der Waals surface area contributed by atoms with Gasteiger partial charge in [-0.15, -0.1) is 0 Å². The maximum atomic E-state index is 4.91. The lowest BCUT2D eigenvalue weighted by atomic mass is 10.1. The number of H-pyrrole nitrogens is 2. The Morgan fingerprint density at radius 3 is 2.81 bits per heavy atom. The van der Waals surface area contributed by atoms with Crippen molar-refractivity contribution in [2.24, 2.45) is 0 Å². The summed E-state index contributed by atoms with van der Waals surface area (Å²) in [6, 6.07) is 11.7. The van der Waals surface area contributed by atoms with E-state index in [9.17, 15) is 0 Å². The monoisotopic (exact) mass is 474 g/mol. The molecule has 0 fully saturated rings. The summed E-state index contributed by atoms with van der Waals surface area (Å²) in [6.45, 7) is 11.9. The number of aromatic amines is 2. The van der Waals surface area contributed by atoms with Crippen molar-refractivity contribution in [3.8, 4) is 22.8 Å². The smallest absolute Gasteiger partial charge is 0.161 e. The Kier molecular flexibility index (Phi) is 6.23. The van der Waals surface area contributed by atoms with Crippen LogP contribution in [0.3, 0.4) is 0 Å². The number of pyridine rings is 3. The lowest BCUT2D eigenvalue weighted by Crippen LogP contribution is -1.97. The molecule has 5 rings (SSSR count). The van der Waals surface area contributed by atoms with E-state index in [1.165, 1.54) is 0 Å². The van der Waals surface area contributed by atoms with E-state index >= 15 is 0 Å². The third-order valence-corrected chi connectivity index (χ3v) is 5.78. The first kappa shape index (κ1) is 22.9. The van der Waals surface area contributed by atoms with Crippen LogP contribution >= 0.6 is 0 Å². The number of allylic oxidation sites excluding steroid dienone is 3. The quantitative estimate of drug-likeness (QED) is 0.236. The van der Waals surface area contributed by atoms with Crippen LogP contribution in [0.5, 0.6) is 0 Å². The van der Waals surface area contributed by atoms with Crippen molar-refractivity contribution in [1.29, 1.82) is 0 Å². The summed E-state index contributed by atoms with van der Waals surface area (Å²) >= 11 is 0. The largest absolute Gasteiger partial charge is 0.358 e. The Labute approximate surface area is 209 Å². The van der Waals surface area contributed by atoms with E-state index in [0.717, 1.165) is 62.8 Å². The van der Waals surface area contributed by atoms with E-state index < -0.39 is 0 Å². The fraction of sp³-hybridized carbons (Fsp3) is 0.107. The predicted octanol–water partition coefficient (Wildman–Crippen LogP) is 6.07. The molecule has 0 aliphatic carbocycles. The van der Waals surface area contributed by atoms with Crippen molar-refractivity contribution in [2.45, 2.75) is 20.3 Å². The third-order valence-electron chi connectivity index (χ3n) is 5.78. The number of aryl methyl sites for hydroxylation is 1.